The van der Waals surface area contributed by atoms with Crippen molar-refractivity contribution in [2.75, 3.05) is 7.11 Å². The Bertz CT molecular complexity index is 504. The molecule has 0 saturated carbocycles. The predicted molar refractivity (Wildman–Crippen MR) is 71.1 cm³/mol. The second-order valence-corrected chi connectivity index (χ2v) is 4.08. The number of rotatable bonds is 5. The molecule has 0 atom stereocenters. The van der Waals surface area contributed by atoms with Gasteiger partial charge in [0.05, 0.1) is 19.0 Å². The predicted octanol–water partition coefficient (Wildman–Crippen LogP) is 2.35. The molecule has 1 heterocycles. The highest BCUT2D eigenvalue weighted by Gasteiger charge is 2.14. The van der Waals surface area contributed by atoms with Crippen molar-refractivity contribution in [2.45, 2.75) is 13.8 Å². The molecule has 1 aromatic heterocycles. The maximum absolute atomic E-state index is 11.0. The monoisotopic (exact) mass is 264 g/mol. The molecule has 6 nitrogen and oxygen atoms in total. The van der Waals surface area contributed by atoms with E-state index >= 15 is 0 Å². The highest BCUT2D eigenvalue weighted by molar-refractivity contribution is 6.09. The first-order chi connectivity index (χ1) is 8.95. The number of allylic oxidation sites excluding steroid dienone is 1. The average molecular weight is 264 g/mol. The lowest BCUT2D eigenvalue weighted by atomic mass is 10.1. The van der Waals surface area contributed by atoms with Gasteiger partial charge >= 0.3 is 5.97 Å². The van der Waals surface area contributed by atoms with Gasteiger partial charge in [0.25, 0.3) is 0 Å². The lowest BCUT2D eigenvalue weighted by molar-refractivity contribution is -0.132. The minimum atomic E-state index is -1.23. The maximum Gasteiger partial charge on any atom is 0.340 e. The van der Waals surface area contributed by atoms with Gasteiger partial charge in [-0.25, -0.2) is 9.78 Å². The second kappa shape index (κ2) is 6.53. The highest BCUT2D eigenvalue weighted by atomic mass is 16.5. The van der Waals surface area contributed by atoms with Gasteiger partial charge in [0.15, 0.2) is 0 Å². The van der Waals surface area contributed by atoms with Crippen LogP contribution in [-0.4, -0.2) is 34.5 Å². The summed E-state index contributed by atoms with van der Waals surface area (Å²) in [5.74, 6) is -1.28. The van der Waals surface area contributed by atoms with E-state index in [-0.39, 0.29) is 17.3 Å². The molecule has 0 aliphatic heterocycles. The number of aromatic nitrogens is 1. The number of aliphatic carboxylic acids is 1. The highest BCUT2D eigenvalue weighted by Crippen LogP contribution is 2.16. The second-order valence-electron chi connectivity index (χ2n) is 4.08. The minimum absolute atomic E-state index is 0.210. The lowest BCUT2D eigenvalue weighted by Crippen LogP contribution is -2.09. The summed E-state index contributed by atoms with van der Waals surface area (Å²) < 4.78 is 4.90. The number of hydrogen-bond acceptors (Lipinski definition) is 5. The summed E-state index contributed by atoms with van der Waals surface area (Å²) in [6, 6.07) is 3.24. The molecule has 19 heavy (non-hydrogen) atoms. The third-order valence-corrected chi connectivity index (χ3v) is 2.33. The molecule has 0 unspecified atom stereocenters. The van der Waals surface area contributed by atoms with Gasteiger partial charge in [-0.1, -0.05) is 13.8 Å². The number of aliphatic hydroxyl groups excluding tert-OH is 1. The molecule has 0 fully saturated rings. The molecule has 0 aliphatic carbocycles. The minimum Gasteiger partial charge on any atom is -0.511 e. The number of carboxylic acid groups (broad SMARTS) is 1. The largest absolute Gasteiger partial charge is 0.511 e. The van der Waals surface area contributed by atoms with Crippen LogP contribution < -0.4 is 4.74 Å². The van der Waals surface area contributed by atoms with Gasteiger partial charge in [0.1, 0.15) is 11.3 Å². The number of ether oxygens (including phenoxy) is 1. The smallest absolute Gasteiger partial charge is 0.340 e. The van der Waals surface area contributed by atoms with E-state index in [4.69, 9.17) is 9.84 Å². The van der Waals surface area contributed by atoms with Gasteiger partial charge in [-0.05, 0) is 6.07 Å². The summed E-state index contributed by atoms with van der Waals surface area (Å²) >= 11 is 0. The Morgan fingerprint density at radius 1 is 1.42 bits per heavy atom. The number of carboxylic acids is 1. The number of hydrogen-bond donors (Lipinski definition) is 2. The Labute approximate surface area is 111 Å². The quantitative estimate of drug-likeness (QED) is 0.484. The molecule has 0 bridgehead atoms. The van der Waals surface area contributed by atoms with Crippen LogP contribution in [0.25, 0.3) is 0 Å². The number of aliphatic hydroxyl groups is 1. The van der Waals surface area contributed by atoms with Crippen LogP contribution in [0.15, 0.2) is 34.7 Å². The van der Waals surface area contributed by atoms with E-state index in [0.29, 0.717) is 11.6 Å². The van der Waals surface area contributed by atoms with Crippen LogP contribution in [0.3, 0.4) is 0 Å². The fourth-order valence-electron chi connectivity index (χ4n) is 1.25. The number of nitrogens with zero attached hydrogens (tertiary/aromatic N) is 2. The van der Waals surface area contributed by atoms with Crippen LogP contribution in [0.1, 0.15) is 13.8 Å². The number of aliphatic imine (C=N–C) groups is 1. The summed E-state index contributed by atoms with van der Waals surface area (Å²) in [4.78, 5) is 18.9. The molecule has 6 heteroatoms. The van der Waals surface area contributed by atoms with Gasteiger partial charge in [0.2, 0.25) is 5.88 Å². The summed E-state index contributed by atoms with van der Waals surface area (Å²) in [6.45, 7) is 3.39. The molecule has 0 aliphatic rings. The molecule has 2 N–H and O–H groups in total. The third-order valence-electron chi connectivity index (χ3n) is 2.33. The van der Waals surface area contributed by atoms with Gasteiger partial charge in [-0.2, -0.15) is 0 Å². The number of pyridine rings is 1. The van der Waals surface area contributed by atoms with E-state index in [1.807, 2.05) is 0 Å². The first kappa shape index (κ1) is 14.7. The van der Waals surface area contributed by atoms with Gasteiger partial charge in [-0.15, -0.1) is 0 Å². The maximum atomic E-state index is 11.0. The van der Waals surface area contributed by atoms with Crippen molar-refractivity contribution >= 4 is 17.9 Å². The average Bonchev–Trinajstić information content (AvgIpc) is 2.39. The van der Waals surface area contributed by atoms with Gasteiger partial charge in [0, 0.05) is 18.2 Å². The SMILES string of the molecule is COc1ccc(N=CC(C(=O)O)=C(O)C(C)C)cn1. The first-order valence-electron chi connectivity index (χ1n) is 5.66. The van der Waals surface area contributed by atoms with E-state index < -0.39 is 5.97 Å². The first-order valence-corrected chi connectivity index (χ1v) is 5.66. The Balaban J connectivity index is 2.99. The van der Waals surface area contributed by atoms with E-state index in [2.05, 4.69) is 9.98 Å². The van der Waals surface area contributed by atoms with E-state index in [9.17, 15) is 9.90 Å². The summed E-state index contributed by atoms with van der Waals surface area (Å²) in [5, 5.41) is 18.7. The summed E-state index contributed by atoms with van der Waals surface area (Å²) in [5.41, 5.74) is 0.238. The lowest BCUT2D eigenvalue weighted by Gasteiger charge is -2.05. The van der Waals surface area contributed by atoms with E-state index in [0.717, 1.165) is 6.21 Å². The normalized spacial score (nSPS) is 12.6. The zero-order valence-electron chi connectivity index (χ0n) is 11.0. The van der Waals surface area contributed by atoms with Crippen LogP contribution in [0.4, 0.5) is 5.69 Å². The van der Waals surface area contributed by atoms with Crippen molar-refractivity contribution in [2.24, 2.45) is 10.9 Å². The number of methoxy groups -OCH3 is 1. The molecular formula is C13H16N2O4. The van der Waals surface area contributed by atoms with Crippen LogP contribution >= 0.6 is 0 Å². The molecule has 0 saturated heterocycles. The van der Waals surface area contributed by atoms with Crippen molar-refractivity contribution in [1.29, 1.82) is 0 Å². The van der Waals surface area contributed by atoms with E-state index in [1.165, 1.54) is 13.3 Å². The van der Waals surface area contributed by atoms with Crippen LogP contribution in [0.2, 0.25) is 0 Å². The van der Waals surface area contributed by atoms with Gasteiger partial charge < -0.3 is 14.9 Å². The van der Waals surface area contributed by atoms with Crippen LogP contribution in [0, 0.1) is 5.92 Å². The molecular weight excluding hydrogens is 248 g/mol. The standard InChI is InChI=1S/C13H16N2O4/c1-8(2)12(16)10(13(17)18)7-14-9-4-5-11(19-3)15-6-9/h4-8,16H,1-3H3,(H,17,18). The third kappa shape index (κ3) is 4.09. The molecule has 102 valence electrons. The Hall–Kier alpha value is -2.37. The molecule has 0 amide bonds. The fourth-order valence-corrected chi connectivity index (χ4v) is 1.25. The molecule has 0 aromatic carbocycles. The topological polar surface area (TPSA) is 92.0 Å². The molecule has 1 aromatic rings. The van der Waals surface area contributed by atoms with Crippen LogP contribution in [0.5, 0.6) is 5.88 Å². The fraction of sp³-hybridized carbons (Fsp3) is 0.308. The number of carbonyl (C=O) groups is 1. The molecule has 1 rings (SSSR count). The summed E-state index contributed by atoms with van der Waals surface area (Å²) in [6.07, 6.45) is 2.56. The van der Waals surface area contributed by atoms with Crippen molar-refractivity contribution in [3.8, 4) is 5.88 Å². The van der Waals surface area contributed by atoms with E-state index in [1.54, 1.807) is 26.0 Å². The Morgan fingerprint density at radius 3 is 2.53 bits per heavy atom. The van der Waals surface area contributed by atoms with Crippen molar-refractivity contribution in [3.63, 3.8) is 0 Å². The van der Waals surface area contributed by atoms with Crippen LogP contribution in [-0.2, 0) is 4.79 Å². The van der Waals surface area contributed by atoms with Gasteiger partial charge in [-0.3, -0.25) is 4.99 Å². The molecule has 0 radical (unpaired) electrons. The zero-order chi connectivity index (χ0) is 14.4. The van der Waals surface area contributed by atoms with Crippen molar-refractivity contribution in [3.05, 3.63) is 29.7 Å². The zero-order valence-corrected chi connectivity index (χ0v) is 11.0. The van der Waals surface area contributed by atoms with Crippen molar-refractivity contribution < 1.29 is 19.7 Å². The Morgan fingerprint density at radius 2 is 2.11 bits per heavy atom. The Kier molecular flexibility index (Phi) is 5.05. The molecule has 0 spiro atoms. The summed E-state index contributed by atoms with van der Waals surface area (Å²) in [7, 11) is 1.50. The van der Waals surface area contributed by atoms with Crippen molar-refractivity contribution in [1.82, 2.24) is 4.98 Å².